The highest BCUT2D eigenvalue weighted by atomic mass is 16.6. The topological polar surface area (TPSA) is 46.4 Å². The van der Waals surface area contributed by atoms with Crippen LogP contribution in [0, 0.1) is 10.1 Å². The fraction of sp³-hybridized carbons (Fsp3) is 0.429. The summed E-state index contributed by atoms with van der Waals surface area (Å²) in [6.07, 6.45) is 3.88. The van der Waals surface area contributed by atoms with Crippen molar-refractivity contribution in [3.63, 3.8) is 0 Å². The first-order valence-electron chi connectivity index (χ1n) is 6.30. The van der Waals surface area contributed by atoms with Gasteiger partial charge in [-0.15, -0.1) is 0 Å². The van der Waals surface area contributed by atoms with Gasteiger partial charge >= 0.3 is 0 Å². The predicted molar refractivity (Wildman–Crippen MR) is 71.1 cm³/mol. The summed E-state index contributed by atoms with van der Waals surface area (Å²) < 4.78 is 0. The Bertz CT molecular complexity index is 429. The molecule has 4 nitrogen and oxygen atoms in total. The molecular weight excluding hydrogens is 228 g/mol. The van der Waals surface area contributed by atoms with Gasteiger partial charge in [0.05, 0.1) is 0 Å². The molecule has 0 fully saturated rings. The van der Waals surface area contributed by atoms with Crippen LogP contribution in [0.15, 0.2) is 42.0 Å². The van der Waals surface area contributed by atoms with Gasteiger partial charge in [0.1, 0.15) is 0 Å². The minimum Gasteiger partial charge on any atom is -0.299 e. The predicted octanol–water partition coefficient (Wildman–Crippen LogP) is 2.14. The summed E-state index contributed by atoms with van der Waals surface area (Å²) in [7, 11) is 0. The summed E-state index contributed by atoms with van der Waals surface area (Å²) in [6.45, 7) is 2.81. The number of nitrogens with zero attached hydrogens (tertiary/aromatic N) is 2. The van der Waals surface area contributed by atoms with Crippen molar-refractivity contribution in [2.45, 2.75) is 12.8 Å². The van der Waals surface area contributed by atoms with Crippen LogP contribution in [0.5, 0.6) is 0 Å². The van der Waals surface area contributed by atoms with Crippen molar-refractivity contribution in [1.82, 2.24) is 4.90 Å². The molecule has 0 bridgehead atoms. The summed E-state index contributed by atoms with van der Waals surface area (Å²) in [4.78, 5) is 12.5. The molecule has 0 radical (unpaired) electrons. The van der Waals surface area contributed by atoms with Crippen LogP contribution in [0.4, 0.5) is 0 Å². The van der Waals surface area contributed by atoms with Crippen LogP contribution in [-0.2, 0) is 6.42 Å². The Morgan fingerprint density at radius 3 is 2.67 bits per heavy atom. The molecule has 4 heteroatoms. The average molecular weight is 246 g/mol. The summed E-state index contributed by atoms with van der Waals surface area (Å²) in [5, 5.41) is 10.4. The quantitative estimate of drug-likeness (QED) is 0.454. The molecule has 0 aromatic heterocycles. The first kappa shape index (κ1) is 12.8. The normalized spacial score (nSPS) is 16.3. The van der Waals surface area contributed by atoms with Gasteiger partial charge in [0, 0.05) is 24.6 Å². The first-order valence-corrected chi connectivity index (χ1v) is 6.30. The van der Waals surface area contributed by atoms with E-state index in [-0.39, 0.29) is 11.5 Å². The fourth-order valence-electron chi connectivity index (χ4n) is 2.20. The third kappa shape index (κ3) is 3.96. The molecule has 0 saturated heterocycles. The standard InChI is InChI=1S/C14H18N2O2/c17-16(18)12-14-7-10-15(11-8-14)9-6-13-4-2-1-3-5-13/h1-5,7H,6,8-12H2. The third-order valence-electron chi connectivity index (χ3n) is 3.28. The van der Waals surface area contributed by atoms with Crippen molar-refractivity contribution in [3.8, 4) is 0 Å². The lowest BCUT2D eigenvalue weighted by Gasteiger charge is -2.25. The Balaban J connectivity index is 1.77. The number of benzene rings is 1. The van der Waals surface area contributed by atoms with Crippen LogP contribution >= 0.6 is 0 Å². The second kappa shape index (κ2) is 6.31. The molecule has 0 spiro atoms. The number of hydrogen-bond donors (Lipinski definition) is 0. The monoisotopic (exact) mass is 246 g/mol. The minimum atomic E-state index is -0.245. The van der Waals surface area contributed by atoms with Crippen LogP contribution < -0.4 is 0 Å². The number of nitro groups is 1. The lowest BCUT2D eigenvalue weighted by molar-refractivity contribution is -0.471. The Kier molecular flexibility index (Phi) is 4.47. The van der Waals surface area contributed by atoms with Gasteiger partial charge in [0.2, 0.25) is 6.54 Å². The number of hydrogen-bond acceptors (Lipinski definition) is 3. The molecule has 1 aliphatic heterocycles. The average Bonchev–Trinajstić information content (AvgIpc) is 2.38. The highest BCUT2D eigenvalue weighted by Crippen LogP contribution is 2.11. The van der Waals surface area contributed by atoms with Crippen molar-refractivity contribution in [2.75, 3.05) is 26.2 Å². The molecule has 1 aromatic carbocycles. The fourth-order valence-corrected chi connectivity index (χ4v) is 2.20. The van der Waals surface area contributed by atoms with Crippen LogP contribution in [0.2, 0.25) is 0 Å². The van der Waals surface area contributed by atoms with E-state index in [1.807, 2.05) is 12.1 Å². The maximum atomic E-state index is 10.4. The van der Waals surface area contributed by atoms with E-state index in [0.717, 1.165) is 38.0 Å². The lowest BCUT2D eigenvalue weighted by Crippen LogP contribution is -2.31. The van der Waals surface area contributed by atoms with Gasteiger partial charge in [0.25, 0.3) is 0 Å². The van der Waals surface area contributed by atoms with E-state index in [1.54, 1.807) is 0 Å². The summed E-state index contributed by atoms with van der Waals surface area (Å²) >= 11 is 0. The Morgan fingerprint density at radius 2 is 2.06 bits per heavy atom. The molecule has 0 aliphatic carbocycles. The third-order valence-corrected chi connectivity index (χ3v) is 3.28. The van der Waals surface area contributed by atoms with Gasteiger partial charge in [-0.3, -0.25) is 15.0 Å². The maximum Gasteiger partial charge on any atom is 0.225 e. The van der Waals surface area contributed by atoms with E-state index in [4.69, 9.17) is 0 Å². The van der Waals surface area contributed by atoms with Crippen molar-refractivity contribution >= 4 is 0 Å². The zero-order valence-electron chi connectivity index (χ0n) is 10.4. The lowest BCUT2D eigenvalue weighted by atomic mass is 10.1. The molecule has 1 aliphatic rings. The molecule has 2 rings (SSSR count). The Labute approximate surface area is 107 Å². The van der Waals surface area contributed by atoms with Crippen LogP contribution in [0.3, 0.4) is 0 Å². The van der Waals surface area contributed by atoms with Crippen molar-refractivity contribution in [3.05, 3.63) is 57.7 Å². The van der Waals surface area contributed by atoms with E-state index in [1.165, 1.54) is 5.56 Å². The smallest absolute Gasteiger partial charge is 0.225 e. The molecule has 0 saturated carbocycles. The van der Waals surface area contributed by atoms with E-state index in [0.29, 0.717) is 0 Å². The molecule has 1 aromatic rings. The highest BCUT2D eigenvalue weighted by molar-refractivity contribution is 5.15. The van der Waals surface area contributed by atoms with Gasteiger partial charge < -0.3 is 0 Å². The van der Waals surface area contributed by atoms with Gasteiger partial charge in [-0.2, -0.15) is 0 Å². The Hall–Kier alpha value is -1.68. The summed E-state index contributed by atoms with van der Waals surface area (Å²) in [5.41, 5.74) is 2.31. The van der Waals surface area contributed by atoms with Crippen molar-refractivity contribution in [1.29, 1.82) is 0 Å². The zero-order chi connectivity index (χ0) is 12.8. The van der Waals surface area contributed by atoms with Crippen molar-refractivity contribution < 1.29 is 4.92 Å². The highest BCUT2D eigenvalue weighted by Gasteiger charge is 2.14. The van der Waals surface area contributed by atoms with Gasteiger partial charge in [-0.05, 0) is 24.0 Å². The molecule has 0 atom stereocenters. The first-order chi connectivity index (χ1) is 8.74. The molecule has 96 valence electrons. The van der Waals surface area contributed by atoms with E-state index in [2.05, 4.69) is 29.2 Å². The number of rotatable bonds is 5. The second-order valence-electron chi connectivity index (χ2n) is 4.64. The van der Waals surface area contributed by atoms with E-state index >= 15 is 0 Å². The zero-order valence-corrected chi connectivity index (χ0v) is 10.4. The van der Waals surface area contributed by atoms with Crippen LogP contribution in [0.1, 0.15) is 12.0 Å². The van der Waals surface area contributed by atoms with E-state index < -0.39 is 0 Å². The molecule has 0 amide bonds. The largest absolute Gasteiger partial charge is 0.299 e. The molecule has 0 N–H and O–H groups in total. The minimum absolute atomic E-state index is 0.00647. The molecule has 1 heterocycles. The summed E-state index contributed by atoms with van der Waals surface area (Å²) in [6, 6.07) is 10.4. The molecule has 18 heavy (non-hydrogen) atoms. The van der Waals surface area contributed by atoms with Gasteiger partial charge in [0.15, 0.2) is 0 Å². The Morgan fingerprint density at radius 1 is 1.28 bits per heavy atom. The second-order valence-corrected chi connectivity index (χ2v) is 4.64. The molecular formula is C14H18N2O2. The van der Waals surface area contributed by atoms with Gasteiger partial charge in [-0.1, -0.05) is 36.4 Å². The van der Waals surface area contributed by atoms with Crippen LogP contribution in [-0.4, -0.2) is 36.0 Å². The SMILES string of the molecule is O=[N+]([O-])CC1=CCN(CCc2ccccc2)CC1. The van der Waals surface area contributed by atoms with Gasteiger partial charge in [-0.25, -0.2) is 0 Å². The summed E-state index contributed by atoms with van der Waals surface area (Å²) in [5.74, 6) is 0. The molecule has 0 unspecified atom stereocenters. The van der Waals surface area contributed by atoms with Crippen LogP contribution in [0.25, 0.3) is 0 Å². The maximum absolute atomic E-state index is 10.4. The van der Waals surface area contributed by atoms with E-state index in [9.17, 15) is 10.1 Å². The van der Waals surface area contributed by atoms with Crippen molar-refractivity contribution in [2.24, 2.45) is 0 Å².